The van der Waals surface area contributed by atoms with Crippen molar-refractivity contribution in [2.75, 3.05) is 50.8 Å². The van der Waals surface area contributed by atoms with Gasteiger partial charge < -0.3 is 9.80 Å². The van der Waals surface area contributed by atoms with Crippen LogP contribution in [0.3, 0.4) is 0 Å². The Morgan fingerprint density at radius 1 is 0.667 bits per heavy atom. The van der Waals surface area contributed by atoms with Gasteiger partial charge in [0.2, 0.25) is 0 Å². The van der Waals surface area contributed by atoms with E-state index in [4.69, 9.17) is 0 Å². The molecule has 18 heavy (non-hydrogen) atoms. The van der Waals surface area contributed by atoms with Crippen LogP contribution in [0.4, 0.5) is 0 Å². The second kappa shape index (κ2) is 17.8. The van der Waals surface area contributed by atoms with E-state index in [0.717, 1.165) is 0 Å². The minimum Gasteiger partial charge on any atom is -0.304 e. The predicted molar refractivity (Wildman–Crippen MR) is 92.0 cm³/mol. The van der Waals surface area contributed by atoms with Crippen LogP contribution in [-0.4, -0.2) is 60.6 Å². The smallest absolute Gasteiger partial charge is 0.00721 e. The van der Waals surface area contributed by atoms with E-state index < -0.39 is 0 Å². The molecule has 0 aliphatic heterocycles. The Bertz CT molecular complexity index is 127. The Kier molecular flexibility index (Phi) is 23.7. The molecule has 0 bridgehead atoms. The van der Waals surface area contributed by atoms with Gasteiger partial charge in [-0.1, -0.05) is 27.7 Å². The van der Waals surface area contributed by atoms with E-state index >= 15 is 0 Å². The SMILES string of the molecule is CCN(CC)CCCSCCN(CC)CC.Cl.Cl. The normalized spacial score (nSPS) is 10.3. The zero-order chi connectivity index (χ0) is 12.2. The van der Waals surface area contributed by atoms with Crippen molar-refractivity contribution in [1.29, 1.82) is 0 Å². The fourth-order valence-electron chi connectivity index (χ4n) is 1.77. The average molecular weight is 319 g/mol. The minimum absolute atomic E-state index is 0. The fraction of sp³-hybridized carbons (Fsp3) is 1.00. The summed E-state index contributed by atoms with van der Waals surface area (Å²) in [5.41, 5.74) is 0. The van der Waals surface area contributed by atoms with Gasteiger partial charge in [0, 0.05) is 12.3 Å². The third-order valence-corrected chi connectivity index (χ3v) is 4.15. The van der Waals surface area contributed by atoms with Crippen molar-refractivity contribution in [3.63, 3.8) is 0 Å². The maximum Gasteiger partial charge on any atom is 0.00721 e. The lowest BCUT2D eigenvalue weighted by molar-refractivity contribution is 0.305. The molecule has 0 N–H and O–H groups in total. The van der Waals surface area contributed by atoms with Gasteiger partial charge in [-0.3, -0.25) is 0 Å². The van der Waals surface area contributed by atoms with Crippen LogP contribution in [0.5, 0.6) is 0 Å². The number of halogens is 2. The van der Waals surface area contributed by atoms with Crippen molar-refractivity contribution in [2.45, 2.75) is 34.1 Å². The van der Waals surface area contributed by atoms with Crippen molar-refractivity contribution >= 4 is 36.6 Å². The molecular weight excluding hydrogens is 287 g/mol. The zero-order valence-electron chi connectivity index (χ0n) is 12.5. The number of thioether (sulfide) groups is 1. The van der Waals surface area contributed by atoms with Crippen LogP contribution in [0.2, 0.25) is 0 Å². The summed E-state index contributed by atoms with van der Waals surface area (Å²) >= 11 is 2.11. The number of hydrogen-bond acceptors (Lipinski definition) is 3. The molecule has 0 saturated heterocycles. The third kappa shape index (κ3) is 13.3. The van der Waals surface area contributed by atoms with Gasteiger partial charge in [0.05, 0.1) is 0 Å². The van der Waals surface area contributed by atoms with E-state index in [1.807, 2.05) is 0 Å². The lowest BCUT2D eigenvalue weighted by atomic mass is 10.4. The average Bonchev–Trinajstić information content (AvgIpc) is 2.33. The van der Waals surface area contributed by atoms with Gasteiger partial charge in [0.1, 0.15) is 0 Å². The molecule has 5 heteroatoms. The number of rotatable bonds is 11. The van der Waals surface area contributed by atoms with Gasteiger partial charge in [-0.05, 0) is 44.9 Å². The highest BCUT2D eigenvalue weighted by Crippen LogP contribution is 2.04. The lowest BCUT2D eigenvalue weighted by Crippen LogP contribution is -2.26. The van der Waals surface area contributed by atoms with E-state index in [1.54, 1.807) is 0 Å². The molecule has 0 amide bonds. The van der Waals surface area contributed by atoms with Gasteiger partial charge in [-0.2, -0.15) is 11.8 Å². The predicted octanol–water partition coefficient (Wildman–Crippen LogP) is 3.64. The van der Waals surface area contributed by atoms with Crippen molar-refractivity contribution in [1.82, 2.24) is 9.80 Å². The first kappa shape index (κ1) is 23.9. The molecule has 0 aromatic heterocycles. The largest absolute Gasteiger partial charge is 0.304 e. The molecule has 114 valence electrons. The molecule has 0 aromatic rings. The van der Waals surface area contributed by atoms with E-state index in [9.17, 15) is 0 Å². The molecule has 0 radical (unpaired) electrons. The molecule has 0 rings (SSSR count). The molecule has 0 heterocycles. The molecule has 0 spiro atoms. The van der Waals surface area contributed by atoms with Crippen LogP contribution in [0.15, 0.2) is 0 Å². The van der Waals surface area contributed by atoms with Crippen LogP contribution in [0, 0.1) is 0 Å². The Labute approximate surface area is 131 Å². The summed E-state index contributed by atoms with van der Waals surface area (Å²) in [7, 11) is 0. The van der Waals surface area contributed by atoms with Crippen LogP contribution in [0.1, 0.15) is 34.1 Å². The van der Waals surface area contributed by atoms with Gasteiger partial charge >= 0.3 is 0 Å². The van der Waals surface area contributed by atoms with Gasteiger partial charge in [0.25, 0.3) is 0 Å². The first-order chi connectivity index (χ1) is 7.78. The van der Waals surface area contributed by atoms with Crippen LogP contribution < -0.4 is 0 Å². The highest BCUT2D eigenvalue weighted by molar-refractivity contribution is 7.99. The first-order valence-electron chi connectivity index (χ1n) is 6.80. The minimum atomic E-state index is 0. The molecule has 0 aliphatic carbocycles. The number of nitrogens with zero attached hydrogens (tertiary/aromatic N) is 2. The van der Waals surface area contributed by atoms with Crippen molar-refractivity contribution in [3.05, 3.63) is 0 Å². The topological polar surface area (TPSA) is 6.48 Å². The molecule has 0 unspecified atom stereocenters. The van der Waals surface area contributed by atoms with Crippen molar-refractivity contribution in [2.24, 2.45) is 0 Å². The molecule has 0 aliphatic rings. The summed E-state index contributed by atoms with van der Waals surface area (Å²) < 4.78 is 0. The lowest BCUT2D eigenvalue weighted by Gasteiger charge is -2.19. The molecule has 0 aromatic carbocycles. The quantitative estimate of drug-likeness (QED) is 0.537. The van der Waals surface area contributed by atoms with Crippen LogP contribution in [-0.2, 0) is 0 Å². The van der Waals surface area contributed by atoms with Crippen LogP contribution >= 0.6 is 36.6 Å². The summed E-state index contributed by atoms with van der Waals surface area (Å²) in [6.07, 6.45) is 1.34. The van der Waals surface area contributed by atoms with E-state index in [0.29, 0.717) is 0 Å². The Hall–Kier alpha value is 0.850. The second-order valence-electron chi connectivity index (χ2n) is 4.02. The van der Waals surface area contributed by atoms with Crippen molar-refractivity contribution < 1.29 is 0 Å². The number of hydrogen-bond donors (Lipinski definition) is 0. The zero-order valence-corrected chi connectivity index (χ0v) is 14.9. The summed E-state index contributed by atoms with van der Waals surface area (Å²) in [6, 6.07) is 0. The standard InChI is InChI=1S/C13H30N2S.2ClH/c1-5-14(6-2)10-9-12-16-13-11-15(7-3)8-4;;/h5-13H2,1-4H3;2*1H. The maximum absolute atomic E-state index is 2.50. The molecule has 0 atom stereocenters. The van der Waals surface area contributed by atoms with Crippen LogP contribution in [0.25, 0.3) is 0 Å². The maximum atomic E-state index is 2.50. The van der Waals surface area contributed by atoms with Crippen molar-refractivity contribution in [3.8, 4) is 0 Å². The second-order valence-corrected chi connectivity index (χ2v) is 5.24. The summed E-state index contributed by atoms with van der Waals surface area (Å²) in [5.74, 6) is 2.61. The third-order valence-electron chi connectivity index (χ3n) is 3.10. The highest BCUT2D eigenvalue weighted by atomic mass is 35.5. The Balaban J connectivity index is -0.00000112. The molecule has 0 fully saturated rings. The highest BCUT2D eigenvalue weighted by Gasteiger charge is 2.00. The van der Waals surface area contributed by atoms with Gasteiger partial charge in [-0.15, -0.1) is 24.8 Å². The first-order valence-corrected chi connectivity index (χ1v) is 7.96. The summed E-state index contributed by atoms with van der Waals surface area (Å²) in [4.78, 5) is 5.00. The van der Waals surface area contributed by atoms with E-state index in [-0.39, 0.29) is 24.8 Å². The Morgan fingerprint density at radius 2 is 1.11 bits per heavy atom. The molecule has 2 nitrogen and oxygen atoms in total. The summed E-state index contributed by atoms with van der Waals surface area (Å²) in [6.45, 7) is 16.3. The van der Waals surface area contributed by atoms with Gasteiger partial charge in [-0.25, -0.2) is 0 Å². The fourth-order valence-corrected chi connectivity index (χ4v) is 2.69. The molecular formula is C13H32Cl2N2S. The monoisotopic (exact) mass is 318 g/mol. The van der Waals surface area contributed by atoms with E-state index in [2.05, 4.69) is 49.3 Å². The van der Waals surface area contributed by atoms with E-state index in [1.165, 1.54) is 57.2 Å². The Morgan fingerprint density at radius 3 is 1.56 bits per heavy atom. The summed E-state index contributed by atoms with van der Waals surface area (Å²) in [5, 5.41) is 0. The molecule has 0 saturated carbocycles. The van der Waals surface area contributed by atoms with Gasteiger partial charge in [0.15, 0.2) is 0 Å².